The van der Waals surface area contributed by atoms with Gasteiger partial charge in [-0.2, -0.15) is 0 Å². The summed E-state index contributed by atoms with van der Waals surface area (Å²) in [5.41, 5.74) is 6.56. The Balaban J connectivity index is 2.61. The maximum atomic E-state index is 11.4. The topological polar surface area (TPSA) is 84.7 Å². The summed E-state index contributed by atoms with van der Waals surface area (Å²) >= 11 is 0. The van der Waals surface area contributed by atoms with Gasteiger partial charge in [-0.25, -0.2) is 4.98 Å². The second kappa shape index (κ2) is 3.53. The minimum atomic E-state index is -0.221. The van der Waals surface area contributed by atoms with Gasteiger partial charge in [0.05, 0.1) is 5.56 Å². The molecule has 2 aromatic rings. The van der Waals surface area contributed by atoms with Crippen LogP contribution >= 0.6 is 0 Å². The fourth-order valence-corrected chi connectivity index (χ4v) is 1.19. The molecule has 0 atom stereocenters. The Labute approximate surface area is 86.0 Å². The highest BCUT2D eigenvalue weighted by Gasteiger charge is 2.05. The van der Waals surface area contributed by atoms with Crippen LogP contribution in [-0.2, 0) is 0 Å². The van der Waals surface area contributed by atoms with E-state index in [1.54, 1.807) is 31.5 Å². The van der Waals surface area contributed by atoms with Crippen LogP contribution in [0.25, 0.3) is 11.4 Å². The molecule has 0 aliphatic rings. The van der Waals surface area contributed by atoms with Crippen LogP contribution in [0.15, 0.2) is 29.3 Å². The molecular weight excluding hydrogens is 192 g/mol. The van der Waals surface area contributed by atoms with E-state index < -0.39 is 0 Å². The number of anilines is 1. The van der Waals surface area contributed by atoms with Crippen molar-refractivity contribution in [3.63, 3.8) is 0 Å². The molecule has 5 heteroatoms. The summed E-state index contributed by atoms with van der Waals surface area (Å²) in [4.78, 5) is 22.1. The maximum Gasteiger partial charge on any atom is 0.256 e. The number of nitrogen functional groups attached to an aromatic ring is 1. The molecule has 0 fully saturated rings. The Hall–Kier alpha value is -2.17. The second-order valence-corrected chi connectivity index (χ2v) is 3.17. The van der Waals surface area contributed by atoms with Gasteiger partial charge in [-0.1, -0.05) is 0 Å². The first kappa shape index (κ1) is 9.39. The summed E-state index contributed by atoms with van der Waals surface area (Å²) in [6.07, 6.45) is 3.27. The highest BCUT2D eigenvalue weighted by Crippen LogP contribution is 2.12. The minimum absolute atomic E-state index is 0.221. The van der Waals surface area contributed by atoms with Gasteiger partial charge in [0.15, 0.2) is 0 Å². The van der Waals surface area contributed by atoms with Crippen molar-refractivity contribution in [1.29, 1.82) is 0 Å². The minimum Gasteiger partial charge on any atom is -0.383 e. The smallest absolute Gasteiger partial charge is 0.256 e. The van der Waals surface area contributed by atoms with Crippen LogP contribution in [0, 0.1) is 6.92 Å². The molecule has 0 radical (unpaired) electrons. The van der Waals surface area contributed by atoms with Crippen molar-refractivity contribution in [3.8, 4) is 11.4 Å². The number of hydrogen-bond acceptors (Lipinski definition) is 4. The van der Waals surface area contributed by atoms with Gasteiger partial charge >= 0.3 is 0 Å². The van der Waals surface area contributed by atoms with E-state index in [0.717, 1.165) is 5.56 Å². The Bertz CT molecular complexity index is 533. The summed E-state index contributed by atoms with van der Waals surface area (Å²) in [5, 5.41) is 0. The molecule has 2 rings (SSSR count). The molecule has 76 valence electrons. The van der Waals surface area contributed by atoms with E-state index in [2.05, 4.69) is 15.0 Å². The first-order valence-electron chi connectivity index (χ1n) is 4.45. The van der Waals surface area contributed by atoms with Gasteiger partial charge in [0.25, 0.3) is 5.56 Å². The summed E-state index contributed by atoms with van der Waals surface area (Å²) in [7, 11) is 0. The predicted molar refractivity (Wildman–Crippen MR) is 57.2 cm³/mol. The fraction of sp³-hybridized carbons (Fsp3) is 0.100. The van der Waals surface area contributed by atoms with Crippen molar-refractivity contribution >= 4 is 5.82 Å². The third-order valence-corrected chi connectivity index (χ3v) is 2.12. The Morgan fingerprint density at radius 3 is 2.87 bits per heavy atom. The second-order valence-electron chi connectivity index (χ2n) is 3.17. The van der Waals surface area contributed by atoms with E-state index in [1.165, 1.54) is 0 Å². The fourth-order valence-electron chi connectivity index (χ4n) is 1.19. The lowest BCUT2D eigenvalue weighted by atomic mass is 10.2. The number of nitrogens with two attached hydrogens (primary N) is 1. The van der Waals surface area contributed by atoms with Crippen LogP contribution < -0.4 is 11.3 Å². The molecule has 5 nitrogen and oxygen atoms in total. The average Bonchev–Trinajstić information content (AvgIpc) is 2.26. The van der Waals surface area contributed by atoms with E-state index >= 15 is 0 Å². The number of H-pyrrole nitrogens is 1. The van der Waals surface area contributed by atoms with E-state index in [-0.39, 0.29) is 11.4 Å². The normalized spacial score (nSPS) is 10.2. The van der Waals surface area contributed by atoms with Crippen molar-refractivity contribution in [2.45, 2.75) is 6.92 Å². The largest absolute Gasteiger partial charge is 0.383 e. The molecule has 0 unspecified atom stereocenters. The maximum absolute atomic E-state index is 11.4. The van der Waals surface area contributed by atoms with Crippen molar-refractivity contribution in [2.24, 2.45) is 0 Å². The van der Waals surface area contributed by atoms with Crippen LogP contribution in [0.1, 0.15) is 5.56 Å². The van der Waals surface area contributed by atoms with Crippen LogP contribution in [0.4, 0.5) is 5.82 Å². The van der Waals surface area contributed by atoms with Crippen LogP contribution in [0.3, 0.4) is 0 Å². The lowest BCUT2D eigenvalue weighted by Gasteiger charge is -2.02. The lowest BCUT2D eigenvalue weighted by molar-refractivity contribution is 1.09. The van der Waals surface area contributed by atoms with Gasteiger partial charge in [-0.15, -0.1) is 0 Å². The van der Waals surface area contributed by atoms with Gasteiger partial charge in [0.1, 0.15) is 11.6 Å². The van der Waals surface area contributed by atoms with E-state index in [0.29, 0.717) is 11.4 Å². The molecule has 15 heavy (non-hydrogen) atoms. The van der Waals surface area contributed by atoms with Crippen LogP contribution in [-0.4, -0.2) is 15.0 Å². The third kappa shape index (κ3) is 1.71. The zero-order chi connectivity index (χ0) is 10.8. The molecule has 0 saturated heterocycles. The molecule has 2 heterocycles. The van der Waals surface area contributed by atoms with Crippen molar-refractivity contribution < 1.29 is 0 Å². The molecule has 3 N–H and O–H groups in total. The number of pyridine rings is 1. The molecule has 0 saturated carbocycles. The summed E-state index contributed by atoms with van der Waals surface area (Å²) < 4.78 is 0. The summed E-state index contributed by atoms with van der Waals surface area (Å²) in [6.45, 7) is 1.63. The Kier molecular flexibility index (Phi) is 2.21. The quantitative estimate of drug-likeness (QED) is 0.713. The van der Waals surface area contributed by atoms with Gasteiger partial charge in [0, 0.05) is 18.0 Å². The molecule has 0 aliphatic heterocycles. The van der Waals surface area contributed by atoms with Crippen LogP contribution in [0.5, 0.6) is 0 Å². The van der Waals surface area contributed by atoms with Crippen LogP contribution in [0.2, 0.25) is 0 Å². The standard InChI is InChI=1S/C10H10N4O/c1-6-8(11)13-9(14-10(6)15)7-3-2-4-12-5-7/h2-5H,1H3,(H3,11,13,14,15). The van der Waals surface area contributed by atoms with E-state index in [9.17, 15) is 4.79 Å². The lowest BCUT2D eigenvalue weighted by Crippen LogP contribution is -2.15. The number of aromatic amines is 1. The molecule has 0 aromatic carbocycles. The molecule has 0 bridgehead atoms. The average molecular weight is 202 g/mol. The summed E-state index contributed by atoms with van der Waals surface area (Å²) in [6, 6.07) is 3.57. The van der Waals surface area contributed by atoms with Crippen molar-refractivity contribution in [3.05, 3.63) is 40.4 Å². The summed E-state index contributed by atoms with van der Waals surface area (Å²) in [5.74, 6) is 0.689. The first-order chi connectivity index (χ1) is 7.18. The van der Waals surface area contributed by atoms with Gasteiger partial charge in [0.2, 0.25) is 0 Å². The highest BCUT2D eigenvalue weighted by atomic mass is 16.1. The predicted octanol–water partition coefficient (Wildman–Crippen LogP) is 0.723. The number of rotatable bonds is 1. The number of hydrogen-bond donors (Lipinski definition) is 2. The van der Waals surface area contributed by atoms with Gasteiger partial charge in [-0.3, -0.25) is 9.78 Å². The van der Waals surface area contributed by atoms with E-state index in [4.69, 9.17) is 5.73 Å². The third-order valence-electron chi connectivity index (χ3n) is 2.12. The highest BCUT2D eigenvalue weighted by molar-refractivity contribution is 5.55. The SMILES string of the molecule is Cc1c(N)nc(-c2cccnc2)[nH]c1=O. The molecule has 0 spiro atoms. The number of nitrogens with one attached hydrogen (secondary N) is 1. The van der Waals surface area contributed by atoms with E-state index in [1.807, 2.05) is 0 Å². The Morgan fingerprint density at radius 1 is 1.47 bits per heavy atom. The van der Waals surface area contributed by atoms with Crippen molar-refractivity contribution in [1.82, 2.24) is 15.0 Å². The number of nitrogens with zero attached hydrogens (tertiary/aromatic N) is 2. The molecule has 0 aliphatic carbocycles. The van der Waals surface area contributed by atoms with Gasteiger partial charge < -0.3 is 10.7 Å². The van der Waals surface area contributed by atoms with Crippen molar-refractivity contribution in [2.75, 3.05) is 5.73 Å². The zero-order valence-electron chi connectivity index (χ0n) is 8.19. The molecular formula is C10H10N4O. The Morgan fingerprint density at radius 2 is 2.27 bits per heavy atom. The first-order valence-corrected chi connectivity index (χ1v) is 4.45. The monoisotopic (exact) mass is 202 g/mol. The number of aromatic nitrogens is 3. The van der Waals surface area contributed by atoms with Gasteiger partial charge in [-0.05, 0) is 19.1 Å². The molecule has 0 amide bonds. The zero-order valence-corrected chi connectivity index (χ0v) is 8.19. The molecule has 2 aromatic heterocycles.